The maximum atomic E-state index is 12.5. The third-order valence-corrected chi connectivity index (χ3v) is 4.68. The quantitative estimate of drug-likeness (QED) is 0.776. The largest absolute Gasteiger partial charge is 0.348 e. The van der Waals surface area contributed by atoms with Crippen molar-refractivity contribution in [1.29, 1.82) is 0 Å². The van der Waals surface area contributed by atoms with Crippen LogP contribution in [0, 0.1) is 5.92 Å². The fourth-order valence-corrected chi connectivity index (χ4v) is 3.23. The lowest BCUT2D eigenvalue weighted by atomic mass is 9.92. The molecular weight excluding hydrogens is 326 g/mol. The fourth-order valence-electron chi connectivity index (χ4n) is 3.23. The normalized spacial score (nSPS) is 19.6. The molecule has 2 amide bonds. The molecule has 1 fully saturated rings. The van der Waals surface area contributed by atoms with Gasteiger partial charge < -0.3 is 16.0 Å². The van der Waals surface area contributed by atoms with E-state index < -0.39 is 0 Å². The minimum Gasteiger partial charge on any atom is -0.348 e. The van der Waals surface area contributed by atoms with Gasteiger partial charge >= 0.3 is 0 Å². The van der Waals surface area contributed by atoms with Crippen molar-refractivity contribution >= 4 is 17.5 Å². The van der Waals surface area contributed by atoms with Crippen molar-refractivity contribution in [2.24, 2.45) is 5.92 Å². The molecule has 5 heteroatoms. The van der Waals surface area contributed by atoms with Crippen LogP contribution in [-0.4, -0.2) is 24.4 Å². The molecule has 26 heavy (non-hydrogen) atoms. The summed E-state index contributed by atoms with van der Waals surface area (Å²) in [5.74, 6) is -0.109. The highest BCUT2D eigenvalue weighted by atomic mass is 16.2. The van der Waals surface area contributed by atoms with E-state index in [4.69, 9.17) is 0 Å². The van der Waals surface area contributed by atoms with E-state index in [1.165, 1.54) is 0 Å². The van der Waals surface area contributed by atoms with Gasteiger partial charge in [0.2, 0.25) is 5.91 Å². The molecule has 5 nitrogen and oxygen atoms in total. The van der Waals surface area contributed by atoms with Gasteiger partial charge in [-0.15, -0.1) is 0 Å². The SMILES string of the molecule is C[C@H]1C[C@@H](C(=O)Nc2cccc(C(=O)NCc3ccccc3)c2)CCN1. The highest BCUT2D eigenvalue weighted by molar-refractivity contribution is 5.97. The summed E-state index contributed by atoms with van der Waals surface area (Å²) in [7, 11) is 0. The molecule has 2 aromatic rings. The van der Waals surface area contributed by atoms with Crippen LogP contribution in [0.2, 0.25) is 0 Å². The van der Waals surface area contributed by atoms with E-state index in [2.05, 4.69) is 22.9 Å². The first-order valence-electron chi connectivity index (χ1n) is 9.08. The van der Waals surface area contributed by atoms with E-state index in [1.54, 1.807) is 18.2 Å². The van der Waals surface area contributed by atoms with Crippen molar-refractivity contribution in [1.82, 2.24) is 10.6 Å². The molecule has 136 valence electrons. The monoisotopic (exact) mass is 351 g/mol. The molecule has 1 aliphatic rings. The van der Waals surface area contributed by atoms with Gasteiger partial charge in [-0.05, 0) is 50.1 Å². The van der Waals surface area contributed by atoms with E-state index in [0.717, 1.165) is 24.9 Å². The number of rotatable bonds is 5. The summed E-state index contributed by atoms with van der Waals surface area (Å²) >= 11 is 0. The van der Waals surface area contributed by atoms with Gasteiger partial charge in [0.1, 0.15) is 0 Å². The third kappa shape index (κ3) is 4.92. The van der Waals surface area contributed by atoms with Crippen molar-refractivity contribution in [2.75, 3.05) is 11.9 Å². The van der Waals surface area contributed by atoms with Crippen molar-refractivity contribution in [3.63, 3.8) is 0 Å². The molecule has 1 heterocycles. The fraction of sp³-hybridized carbons (Fsp3) is 0.333. The van der Waals surface area contributed by atoms with Crippen molar-refractivity contribution in [3.8, 4) is 0 Å². The Bertz CT molecular complexity index is 761. The third-order valence-electron chi connectivity index (χ3n) is 4.68. The molecule has 0 radical (unpaired) electrons. The number of carbonyl (C=O) groups excluding carboxylic acids is 2. The maximum absolute atomic E-state index is 12.5. The van der Waals surface area contributed by atoms with Crippen LogP contribution in [-0.2, 0) is 11.3 Å². The second-order valence-corrected chi connectivity index (χ2v) is 6.81. The minimum atomic E-state index is -0.152. The van der Waals surface area contributed by atoms with Gasteiger partial charge in [0.15, 0.2) is 0 Å². The van der Waals surface area contributed by atoms with Crippen molar-refractivity contribution in [2.45, 2.75) is 32.4 Å². The van der Waals surface area contributed by atoms with E-state index in [-0.39, 0.29) is 17.7 Å². The standard InChI is InChI=1S/C21H25N3O2/c1-15-12-18(10-11-22-15)21(26)24-19-9-5-8-17(13-19)20(25)23-14-16-6-3-2-4-7-16/h2-9,13,15,18,22H,10-12,14H2,1H3,(H,23,25)(H,24,26)/t15-,18-/m0/s1. The molecule has 3 rings (SSSR count). The number of anilines is 1. The van der Waals surface area contributed by atoms with Crippen molar-refractivity contribution < 1.29 is 9.59 Å². The maximum Gasteiger partial charge on any atom is 0.251 e. The molecule has 0 aliphatic carbocycles. The second-order valence-electron chi connectivity index (χ2n) is 6.81. The van der Waals surface area contributed by atoms with Gasteiger partial charge in [0.25, 0.3) is 5.91 Å². The van der Waals surface area contributed by atoms with Gasteiger partial charge in [-0.3, -0.25) is 9.59 Å². The van der Waals surface area contributed by atoms with Gasteiger partial charge in [-0.25, -0.2) is 0 Å². The van der Waals surface area contributed by atoms with E-state index in [1.807, 2.05) is 36.4 Å². The van der Waals surface area contributed by atoms with Gasteiger partial charge in [-0.2, -0.15) is 0 Å². The molecule has 0 saturated carbocycles. The summed E-state index contributed by atoms with van der Waals surface area (Å²) in [6.45, 7) is 3.43. The first kappa shape index (κ1) is 18.1. The Hall–Kier alpha value is -2.66. The smallest absolute Gasteiger partial charge is 0.251 e. The summed E-state index contributed by atoms with van der Waals surface area (Å²) in [6, 6.07) is 17.2. The average molecular weight is 351 g/mol. The number of nitrogens with one attached hydrogen (secondary N) is 3. The lowest BCUT2D eigenvalue weighted by molar-refractivity contribution is -0.120. The second kappa shape index (κ2) is 8.63. The summed E-state index contributed by atoms with van der Waals surface area (Å²) in [6.07, 6.45) is 1.68. The van der Waals surface area contributed by atoms with Gasteiger partial charge in [0.05, 0.1) is 0 Å². The summed E-state index contributed by atoms with van der Waals surface area (Å²) in [5.41, 5.74) is 2.25. The molecule has 1 aliphatic heterocycles. The summed E-state index contributed by atoms with van der Waals surface area (Å²) in [4.78, 5) is 24.8. The zero-order chi connectivity index (χ0) is 18.4. The van der Waals surface area contributed by atoms with Crippen LogP contribution in [0.3, 0.4) is 0 Å². The Kier molecular flexibility index (Phi) is 6.02. The Morgan fingerprint density at radius 1 is 1.12 bits per heavy atom. The minimum absolute atomic E-state index is 0.0156. The predicted molar refractivity (Wildman–Crippen MR) is 103 cm³/mol. The zero-order valence-electron chi connectivity index (χ0n) is 15.0. The number of hydrogen-bond donors (Lipinski definition) is 3. The van der Waals surface area contributed by atoms with Crippen LogP contribution < -0.4 is 16.0 Å². The van der Waals surface area contributed by atoms with Crippen LogP contribution in [0.15, 0.2) is 54.6 Å². The van der Waals surface area contributed by atoms with E-state index in [0.29, 0.717) is 23.8 Å². The van der Waals surface area contributed by atoms with Gasteiger partial charge in [-0.1, -0.05) is 36.4 Å². The van der Waals surface area contributed by atoms with Crippen molar-refractivity contribution in [3.05, 3.63) is 65.7 Å². The van der Waals surface area contributed by atoms with Crippen LogP contribution >= 0.6 is 0 Å². The van der Waals surface area contributed by atoms with Crippen LogP contribution in [0.25, 0.3) is 0 Å². The average Bonchev–Trinajstić information content (AvgIpc) is 2.67. The zero-order valence-corrected chi connectivity index (χ0v) is 15.0. The summed E-state index contributed by atoms with van der Waals surface area (Å²) in [5, 5.41) is 9.21. The molecule has 2 aromatic carbocycles. The lowest BCUT2D eigenvalue weighted by Crippen LogP contribution is -2.40. The number of amides is 2. The summed E-state index contributed by atoms with van der Waals surface area (Å²) < 4.78 is 0. The molecule has 0 unspecified atom stereocenters. The molecule has 0 bridgehead atoms. The highest BCUT2D eigenvalue weighted by Crippen LogP contribution is 2.19. The molecular formula is C21H25N3O2. The predicted octanol–water partition coefficient (Wildman–Crippen LogP) is 2.94. The Morgan fingerprint density at radius 3 is 2.69 bits per heavy atom. The van der Waals surface area contributed by atoms with E-state index >= 15 is 0 Å². The highest BCUT2D eigenvalue weighted by Gasteiger charge is 2.24. The molecule has 2 atom stereocenters. The Labute approximate surface area is 154 Å². The van der Waals surface area contributed by atoms with Crippen LogP contribution in [0.4, 0.5) is 5.69 Å². The lowest BCUT2D eigenvalue weighted by Gasteiger charge is -2.27. The topological polar surface area (TPSA) is 70.2 Å². The molecule has 3 N–H and O–H groups in total. The van der Waals surface area contributed by atoms with E-state index in [9.17, 15) is 9.59 Å². The van der Waals surface area contributed by atoms with Crippen LogP contribution in [0.1, 0.15) is 35.7 Å². The Balaban J connectivity index is 1.58. The first-order valence-corrected chi connectivity index (χ1v) is 9.08. The Morgan fingerprint density at radius 2 is 1.92 bits per heavy atom. The number of carbonyl (C=O) groups is 2. The molecule has 0 aromatic heterocycles. The number of hydrogen-bond acceptors (Lipinski definition) is 3. The van der Waals surface area contributed by atoms with Gasteiger partial charge in [0, 0.05) is 29.8 Å². The molecule has 0 spiro atoms. The number of benzene rings is 2. The number of piperidine rings is 1. The first-order chi connectivity index (χ1) is 12.6. The van der Waals surface area contributed by atoms with Crippen LogP contribution in [0.5, 0.6) is 0 Å². The molecule has 1 saturated heterocycles.